The minimum atomic E-state index is -0.174. The van der Waals surface area contributed by atoms with Crippen LogP contribution in [0.15, 0.2) is 23.4 Å². The summed E-state index contributed by atoms with van der Waals surface area (Å²) in [7, 11) is 0. The van der Waals surface area contributed by atoms with Gasteiger partial charge in [0, 0.05) is 23.8 Å². The number of oxime groups is 1. The van der Waals surface area contributed by atoms with Gasteiger partial charge in [-0.3, -0.25) is 0 Å². The normalized spacial score (nSPS) is 21.5. The predicted molar refractivity (Wildman–Crippen MR) is 80.0 cm³/mol. The van der Waals surface area contributed by atoms with Crippen LogP contribution in [0.2, 0.25) is 0 Å². The van der Waals surface area contributed by atoms with E-state index >= 15 is 0 Å². The first-order valence-electron chi connectivity index (χ1n) is 7.33. The fraction of sp³-hybridized carbons (Fsp3) is 0.562. The third kappa shape index (κ3) is 2.91. The quantitative estimate of drug-likeness (QED) is 0.378. The molecule has 2 aliphatic rings. The van der Waals surface area contributed by atoms with Gasteiger partial charge in [-0.1, -0.05) is 17.3 Å². The average molecular weight is 290 g/mol. The highest BCUT2D eigenvalue weighted by Crippen LogP contribution is 2.50. The van der Waals surface area contributed by atoms with E-state index in [1.54, 1.807) is 0 Å². The molecule has 1 saturated carbocycles. The Labute approximate surface area is 124 Å². The molecule has 5 nitrogen and oxygen atoms in total. The Morgan fingerprint density at radius 3 is 2.86 bits per heavy atom. The lowest BCUT2D eigenvalue weighted by atomic mass is 10.0. The molecule has 1 fully saturated rings. The molecule has 0 aromatic heterocycles. The summed E-state index contributed by atoms with van der Waals surface area (Å²) in [6.45, 7) is 4.73. The van der Waals surface area contributed by atoms with E-state index in [-0.39, 0.29) is 16.9 Å². The summed E-state index contributed by atoms with van der Waals surface area (Å²) in [6, 6.07) is 6.03. The topological polar surface area (TPSA) is 77.1 Å². The van der Waals surface area contributed by atoms with Gasteiger partial charge < -0.3 is 20.4 Å². The highest BCUT2D eigenvalue weighted by molar-refractivity contribution is 5.80. The molecule has 1 heterocycles. The molecule has 1 aromatic rings. The van der Waals surface area contributed by atoms with Gasteiger partial charge in [0.05, 0.1) is 6.61 Å². The number of amidine groups is 1. The Morgan fingerprint density at radius 2 is 2.19 bits per heavy atom. The van der Waals surface area contributed by atoms with Gasteiger partial charge in [0.2, 0.25) is 0 Å². The van der Waals surface area contributed by atoms with Crippen molar-refractivity contribution < 1.29 is 14.7 Å². The van der Waals surface area contributed by atoms with Crippen molar-refractivity contribution in [2.45, 2.75) is 45.1 Å². The smallest absolute Gasteiger partial charge is 0.165 e. The molecule has 1 aliphatic heterocycles. The summed E-state index contributed by atoms with van der Waals surface area (Å²) in [6.07, 6.45) is 3.56. The van der Waals surface area contributed by atoms with Crippen LogP contribution in [0.5, 0.6) is 11.5 Å². The van der Waals surface area contributed by atoms with Crippen molar-refractivity contribution in [1.82, 2.24) is 0 Å². The molecule has 0 spiro atoms. The SMILES string of the molecule is CC1(C)Cc2cccc(OCC3(CC(N)=NO)CC3)c2O1. The minimum absolute atomic E-state index is 0.0210. The van der Waals surface area contributed by atoms with Gasteiger partial charge in [-0.2, -0.15) is 0 Å². The van der Waals surface area contributed by atoms with Crippen LogP contribution in [-0.2, 0) is 6.42 Å². The Kier molecular flexibility index (Phi) is 3.23. The number of nitrogens with zero attached hydrogens (tertiary/aromatic N) is 1. The molecule has 5 heteroatoms. The fourth-order valence-electron chi connectivity index (χ4n) is 2.90. The van der Waals surface area contributed by atoms with E-state index in [1.807, 2.05) is 12.1 Å². The van der Waals surface area contributed by atoms with Crippen LogP contribution in [0.1, 0.15) is 38.7 Å². The Morgan fingerprint density at radius 1 is 1.43 bits per heavy atom. The summed E-state index contributed by atoms with van der Waals surface area (Å²) in [5.74, 6) is 1.93. The Balaban J connectivity index is 1.69. The largest absolute Gasteiger partial charge is 0.489 e. The molecule has 114 valence electrons. The zero-order valence-corrected chi connectivity index (χ0v) is 12.6. The number of nitrogens with two attached hydrogens (primary N) is 1. The van der Waals surface area contributed by atoms with Gasteiger partial charge >= 0.3 is 0 Å². The van der Waals surface area contributed by atoms with Crippen LogP contribution in [0, 0.1) is 5.41 Å². The first-order chi connectivity index (χ1) is 9.93. The Bertz CT molecular complexity index is 577. The van der Waals surface area contributed by atoms with Gasteiger partial charge in [0.25, 0.3) is 0 Å². The van der Waals surface area contributed by atoms with Crippen molar-refractivity contribution in [3.8, 4) is 11.5 Å². The van der Waals surface area contributed by atoms with Crippen molar-refractivity contribution in [3.05, 3.63) is 23.8 Å². The molecule has 0 amide bonds. The molecule has 3 N–H and O–H groups in total. The van der Waals surface area contributed by atoms with E-state index in [0.29, 0.717) is 13.0 Å². The number of fused-ring (bicyclic) bond motifs is 1. The van der Waals surface area contributed by atoms with Crippen molar-refractivity contribution in [3.63, 3.8) is 0 Å². The van der Waals surface area contributed by atoms with E-state index < -0.39 is 0 Å². The second-order valence-electron chi connectivity index (χ2n) is 6.84. The standard InChI is InChI=1S/C16H22N2O3/c1-15(2)8-11-4-3-5-12(14(11)21-15)20-10-16(6-7-16)9-13(17)18-19/h3-5,19H,6-10H2,1-2H3,(H2,17,18). The fourth-order valence-corrected chi connectivity index (χ4v) is 2.90. The average Bonchev–Trinajstić information content (AvgIpc) is 3.10. The zero-order chi connectivity index (χ0) is 15.1. The maximum atomic E-state index is 8.70. The summed E-state index contributed by atoms with van der Waals surface area (Å²) >= 11 is 0. The summed E-state index contributed by atoms with van der Waals surface area (Å²) < 4.78 is 12.0. The van der Waals surface area contributed by atoms with Crippen LogP contribution in [0.3, 0.4) is 0 Å². The lowest BCUT2D eigenvalue weighted by Crippen LogP contribution is -2.25. The number of para-hydroxylation sites is 1. The molecule has 3 rings (SSSR count). The van der Waals surface area contributed by atoms with Crippen molar-refractivity contribution in [2.24, 2.45) is 16.3 Å². The molecule has 0 radical (unpaired) electrons. The van der Waals surface area contributed by atoms with E-state index in [2.05, 4.69) is 25.1 Å². The second kappa shape index (κ2) is 4.83. The summed E-state index contributed by atoms with van der Waals surface area (Å²) in [5.41, 5.74) is 6.65. The highest BCUT2D eigenvalue weighted by Gasteiger charge is 2.44. The molecular formula is C16H22N2O3. The molecule has 21 heavy (non-hydrogen) atoms. The monoisotopic (exact) mass is 290 g/mol. The molecular weight excluding hydrogens is 268 g/mol. The molecule has 0 atom stereocenters. The number of benzene rings is 1. The maximum absolute atomic E-state index is 8.70. The molecule has 0 bridgehead atoms. The van der Waals surface area contributed by atoms with Crippen molar-refractivity contribution in [1.29, 1.82) is 0 Å². The van der Waals surface area contributed by atoms with Crippen LogP contribution >= 0.6 is 0 Å². The van der Waals surface area contributed by atoms with E-state index in [0.717, 1.165) is 30.8 Å². The van der Waals surface area contributed by atoms with E-state index in [1.165, 1.54) is 5.56 Å². The van der Waals surface area contributed by atoms with E-state index in [4.69, 9.17) is 20.4 Å². The van der Waals surface area contributed by atoms with Gasteiger partial charge in [-0.05, 0) is 32.8 Å². The third-order valence-corrected chi connectivity index (χ3v) is 4.23. The predicted octanol–water partition coefficient (Wildman–Crippen LogP) is 2.70. The van der Waals surface area contributed by atoms with Gasteiger partial charge in [0.1, 0.15) is 11.4 Å². The molecule has 0 saturated heterocycles. The lowest BCUT2D eigenvalue weighted by molar-refractivity contribution is 0.129. The van der Waals surface area contributed by atoms with Crippen molar-refractivity contribution >= 4 is 5.84 Å². The zero-order valence-electron chi connectivity index (χ0n) is 12.6. The molecule has 0 unspecified atom stereocenters. The number of ether oxygens (including phenoxy) is 2. The highest BCUT2D eigenvalue weighted by atomic mass is 16.5. The molecule has 1 aromatic carbocycles. The first kappa shape index (κ1) is 14.0. The third-order valence-electron chi connectivity index (χ3n) is 4.23. The lowest BCUT2D eigenvalue weighted by Gasteiger charge is -2.20. The number of hydrogen-bond donors (Lipinski definition) is 2. The van der Waals surface area contributed by atoms with E-state index in [9.17, 15) is 0 Å². The summed E-state index contributed by atoms with van der Waals surface area (Å²) in [5, 5.41) is 11.8. The molecule has 1 aliphatic carbocycles. The van der Waals surface area contributed by atoms with Gasteiger partial charge in [-0.25, -0.2) is 0 Å². The van der Waals surface area contributed by atoms with Crippen LogP contribution < -0.4 is 15.2 Å². The van der Waals surface area contributed by atoms with Crippen molar-refractivity contribution in [2.75, 3.05) is 6.61 Å². The van der Waals surface area contributed by atoms with Crippen LogP contribution in [0.4, 0.5) is 0 Å². The van der Waals surface area contributed by atoms with Crippen LogP contribution in [0.25, 0.3) is 0 Å². The first-order valence-corrected chi connectivity index (χ1v) is 7.33. The maximum Gasteiger partial charge on any atom is 0.165 e. The minimum Gasteiger partial charge on any atom is -0.489 e. The number of rotatable bonds is 5. The van der Waals surface area contributed by atoms with Gasteiger partial charge in [-0.15, -0.1) is 0 Å². The van der Waals surface area contributed by atoms with Gasteiger partial charge in [0.15, 0.2) is 11.5 Å². The number of hydrogen-bond acceptors (Lipinski definition) is 4. The second-order valence-corrected chi connectivity index (χ2v) is 6.84. The Hall–Kier alpha value is -1.91. The van der Waals surface area contributed by atoms with Crippen LogP contribution in [-0.4, -0.2) is 23.3 Å². The summed E-state index contributed by atoms with van der Waals surface area (Å²) in [4.78, 5) is 0.